The number of carboxylic acid groups (broad SMARTS) is 1. The standard InChI is InChI=1S/C9H18N2O2/c1-7(2)10-4-5-11(9(12)13)8(3)6-10/h7-8H,4-6H2,1-3H3,(H,12,13). The highest BCUT2D eigenvalue weighted by Crippen LogP contribution is 2.11. The summed E-state index contributed by atoms with van der Waals surface area (Å²) in [5.74, 6) is 0. The molecule has 1 atom stereocenters. The van der Waals surface area contributed by atoms with Gasteiger partial charge in [-0.05, 0) is 20.8 Å². The first-order valence-electron chi connectivity index (χ1n) is 4.76. The maximum Gasteiger partial charge on any atom is 0.407 e. The lowest BCUT2D eigenvalue weighted by Gasteiger charge is -2.40. The molecule has 13 heavy (non-hydrogen) atoms. The van der Waals surface area contributed by atoms with E-state index < -0.39 is 6.09 Å². The van der Waals surface area contributed by atoms with E-state index >= 15 is 0 Å². The van der Waals surface area contributed by atoms with Crippen LogP contribution in [0.5, 0.6) is 0 Å². The highest BCUT2D eigenvalue weighted by molar-refractivity contribution is 5.65. The van der Waals surface area contributed by atoms with Gasteiger partial charge >= 0.3 is 6.09 Å². The van der Waals surface area contributed by atoms with Crippen molar-refractivity contribution < 1.29 is 9.90 Å². The quantitative estimate of drug-likeness (QED) is 0.666. The molecule has 0 spiro atoms. The lowest BCUT2D eigenvalue weighted by atomic mass is 10.1. The van der Waals surface area contributed by atoms with Gasteiger partial charge in [0.15, 0.2) is 0 Å². The van der Waals surface area contributed by atoms with E-state index in [9.17, 15) is 4.79 Å². The molecule has 1 unspecified atom stereocenters. The van der Waals surface area contributed by atoms with Crippen LogP contribution in [0.4, 0.5) is 4.79 Å². The fourth-order valence-corrected chi connectivity index (χ4v) is 1.74. The minimum absolute atomic E-state index is 0.119. The van der Waals surface area contributed by atoms with Crippen LogP contribution in [0, 0.1) is 0 Å². The predicted octanol–water partition coefficient (Wildman–Crippen LogP) is 1.08. The topological polar surface area (TPSA) is 43.8 Å². The van der Waals surface area contributed by atoms with Gasteiger partial charge in [-0.3, -0.25) is 4.90 Å². The van der Waals surface area contributed by atoms with E-state index in [-0.39, 0.29) is 6.04 Å². The van der Waals surface area contributed by atoms with Crippen molar-refractivity contribution in [2.24, 2.45) is 0 Å². The van der Waals surface area contributed by atoms with Crippen LogP contribution < -0.4 is 0 Å². The van der Waals surface area contributed by atoms with Gasteiger partial charge in [-0.2, -0.15) is 0 Å². The number of hydrogen-bond acceptors (Lipinski definition) is 2. The Morgan fingerprint density at radius 3 is 2.46 bits per heavy atom. The first-order valence-corrected chi connectivity index (χ1v) is 4.76. The fourth-order valence-electron chi connectivity index (χ4n) is 1.74. The Kier molecular flexibility index (Phi) is 3.14. The number of piperazine rings is 1. The van der Waals surface area contributed by atoms with Crippen LogP contribution in [-0.4, -0.2) is 52.7 Å². The second-order valence-corrected chi connectivity index (χ2v) is 3.91. The van der Waals surface area contributed by atoms with Crippen LogP contribution in [0.3, 0.4) is 0 Å². The summed E-state index contributed by atoms with van der Waals surface area (Å²) in [6, 6.07) is 0.632. The van der Waals surface area contributed by atoms with E-state index in [1.807, 2.05) is 6.92 Å². The average Bonchev–Trinajstić information content (AvgIpc) is 2.03. The largest absolute Gasteiger partial charge is 0.465 e. The highest BCUT2D eigenvalue weighted by Gasteiger charge is 2.27. The molecule has 1 rings (SSSR count). The normalized spacial score (nSPS) is 25.2. The molecule has 1 aliphatic heterocycles. The smallest absolute Gasteiger partial charge is 0.407 e. The van der Waals surface area contributed by atoms with Gasteiger partial charge in [0.05, 0.1) is 0 Å². The molecular weight excluding hydrogens is 168 g/mol. The van der Waals surface area contributed by atoms with Crippen molar-refractivity contribution in [2.45, 2.75) is 32.9 Å². The van der Waals surface area contributed by atoms with Crippen molar-refractivity contribution in [1.82, 2.24) is 9.80 Å². The summed E-state index contributed by atoms with van der Waals surface area (Å²) in [6.45, 7) is 8.59. The van der Waals surface area contributed by atoms with Crippen molar-refractivity contribution in [3.8, 4) is 0 Å². The summed E-state index contributed by atoms with van der Waals surface area (Å²) in [7, 11) is 0. The molecule has 0 radical (unpaired) electrons. The molecule has 0 aromatic carbocycles. The molecule has 0 aromatic heterocycles. The van der Waals surface area contributed by atoms with Gasteiger partial charge < -0.3 is 10.0 Å². The Morgan fingerprint density at radius 1 is 1.46 bits per heavy atom. The zero-order valence-corrected chi connectivity index (χ0v) is 8.53. The zero-order valence-electron chi connectivity index (χ0n) is 8.53. The second-order valence-electron chi connectivity index (χ2n) is 3.91. The molecule has 1 heterocycles. The summed E-state index contributed by atoms with van der Waals surface area (Å²) in [6.07, 6.45) is -0.795. The third kappa shape index (κ3) is 2.34. The molecule has 76 valence electrons. The van der Waals surface area contributed by atoms with Crippen LogP contribution in [0.15, 0.2) is 0 Å². The van der Waals surface area contributed by atoms with E-state index in [4.69, 9.17) is 5.11 Å². The van der Waals surface area contributed by atoms with Crippen LogP contribution >= 0.6 is 0 Å². The van der Waals surface area contributed by atoms with E-state index in [0.717, 1.165) is 13.1 Å². The van der Waals surface area contributed by atoms with E-state index in [2.05, 4.69) is 18.7 Å². The van der Waals surface area contributed by atoms with Crippen molar-refractivity contribution in [2.75, 3.05) is 19.6 Å². The summed E-state index contributed by atoms with van der Waals surface area (Å²) in [5.41, 5.74) is 0. The maximum atomic E-state index is 10.7. The van der Waals surface area contributed by atoms with Crippen LogP contribution in [0.1, 0.15) is 20.8 Å². The van der Waals surface area contributed by atoms with E-state index in [1.165, 1.54) is 4.90 Å². The third-order valence-electron chi connectivity index (χ3n) is 2.63. The third-order valence-corrected chi connectivity index (χ3v) is 2.63. The Morgan fingerprint density at radius 2 is 2.08 bits per heavy atom. The lowest BCUT2D eigenvalue weighted by molar-refractivity contribution is 0.0610. The summed E-state index contributed by atoms with van der Waals surface area (Å²) >= 11 is 0. The van der Waals surface area contributed by atoms with Gasteiger partial charge in [0.25, 0.3) is 0 Å². The second kappa shape index (κ2) is 3.96. The van der Waals surface area contributed by atoms with Gasteiger partial charge in [0.1, 0.15) is 0 Å². The van der Waals surface area contributed by atoms with Crippen molar-refractivity contribution in [3.05, 3.63) is 0 Å². The number of carbonyl (C=O) groups is 1. The van der Waals surface area contributed by atoms with Gasteiger partial charge in [0, 0.05) is 31.7 Å². The Bertz CT molecular complexity index is 194. The van der Waals surface area contributed by atoms with Gasteiger partial charge in [-0.15, -0.1) is 0 Å². The van der Waals surface area contributed by atoms with Gasteiger partial charge in [-0.25, -0.2) is 4.79 Å². The van der Waals surface area contributed by atoms with Crippen molar-refractivity contribution >= 4 is 6.09 Å². The first-order chi connectivity index (χ1) is 6.02. The minimum Gasteiger partial charge on any atom is -0.465 e. The molecule has 1 amide bonds. The molecule has 1 fully saturated rings. The maximum absolute atomic E-state index is 10.7. The van der Waals surface area contributed by atoms with Crippen molar-refractivity contribution in [3.63, 3.8) is 0 Å². The zero-order chi connectivity index (χ0) is 10.0. The molecule has 0 saturated carbocycles. The number of rotatable bonds is 1. The minimum atomic E-state index is -0.795. The van der Waals surface area contributed by atoms with E-state index in [0.29, 0.717) is 12.6 Å². The highest BCUT2D eigenvalue weighted by atomic mass is 16.4. The molecule has 0 aromatic rings. The number of amides is 1. The number of hydrogen-bond donors (Lipinski definition) is 1. The molecule has 4 nitrogen and oxygen atoms in total. The molecule has 4 heteroatoms. The lowest BCUT2D eigenvalue weighted by Crippen LogP contribution is -2.55. The van der Waals surface area contributed by atoms with Crippen LogP contribution in [-0.2, 0) is 0 Å². The SMILES string of the molecule is CC(C)N1CCN(C(=O)O)C(C)C1. The van der Waals surface area contributed by atoms with Gasteiger partial charge in [-0.1, -0.05) is 0 Å². The average molecular weight is 186 g/mol. The Hall–Kier alpha value is -0.770. The Balaban J connectivity index is 2.51. The van der Waals surface area contributed by atoms with Gasteiger partial charge in [0.2, 0.25) is 0 Å². The molecule has 0 aliphatic carbocycles. The summed E-state index contributed by atoms with van der Waals surface area (Å²) in [5, 5.41) is 8.84. The number of nitrogens with zero attached hydrogens (tertiary/aromatic N) is 2. The van der Waals surface area contributed by atoms with Crippen LogP contribution in [0.25, 0.3) is 0 Å². The molecule has 1 N–H and O–H groups in total. The predicted molar refractivity (Wildman–Crippen MR) is 50.9 cm³/mol. The first kappa shape index (κ1) is 10.3. The summed E-state index contributed by atoms with van der Waals surface area (Å²) < 4.78 is 0. The molecule has 0 bridgehead atoms. The van der Waals surface area contributed by atoms with Crippen LogP contribution in [0.2, 0.25) is 0 Å². The summed E-state index contributed by atoms with van der Waals surface area (Å²) in [4.78, 5) is 14.6. The van der Waals surface area contributed by atoms with Crippen molar-refractivity contribution in [1.29, 1.82) is 0 Å². The molecular formula is C9H18N2O2. The molecule has 1 aliphatic rings. The van der Waals surface area contributed by atoms with E-state index in [1.54, 1.807) is 0 Å². The Labute approximate surface area is 79.1 Å². The monoisotopic (exact) mass is 186 g/mol. The molecule has 1 saturated heterocycles. The fraction of sp³-hybridized carbons (Fsp3) is 0.889.